The minimum Gasteiger partial charge on any atom is -0.481 e. The summed E-state index contributed by atoms with van der Waals surface area (Å²) in [6.07, 6.45) is -1.32. The van der Waals surface area contributed by atoms with Crippen molar-refractivity contribution in [3.05, 3.63) is 34.9 Å². The Morgan fingerprint density at radius 1 is 1.07 bits per heavy atom. The molecule has 28 heavy (non-hydrogen) atoms. The van der Waals surface area contributed by atoms with Gasteiger partial charge < -0.3 is 15.2 Å². The molecule has 0 unspecified atom stereocenters. The molecule has 1 rings (SSSR count). The van der Waals surface area contributed by atoms with Crippen molar-refractivity contribution in [2.75, 3.05) is 0 Å². The number of aliphatic carboxylic acids is 1. The molecule has 0 heterocycles. The average Bonchev–Trinajstić information content (AvgIpc) is 2.52. The highest BCUT2D eigenvalue weighted by Crippen LogP contribution is 2.13. The molecule has 0 saturated heterocycles. The van der Waals surface area contributed by atoms with Gasteiger partial charge in [-0.2, -0.15) is 0 Å². The third-order valence-corrected chi connectivity index (χ3v) is 3.45. The zero-order valence-corrected chi connectivity index (χ0v) is 16.6. The van der Waals surface area contributed by atoms with Gasteiger partial charge in [0.15, 0.2) is 0 Å². The Kier molecular flexibility index (Phi) is 8.72. The molecular formula is C18H24ClN3O6. The van der Waals surface area contributed by atoms with Crippen LogP contribution in [0.3, 0.4) is 0 Å². The van der Waals surface area contributed by atoms with Crippen LogP contribution < -0.4 is 16.2 Å². The van der Waals surface area contributed by atoms with Gasteiger partial charge in [-0.15, -0.1) is 0 Å². The molecule has 4 N–H and O–H groups in total. The monoisotopic (exact) mass is 413 g/mol. The number of carbonyl (C=O) groups is 4. The summed E-state index contributed by atoms with van der Waals surface area (Å²) in [5, 5.41) is 11.7. The zero-order valence-electron chi connectivity index (χ0n) is 15.9. The van der Waals surface area contributed by atoms with Crippen LogP contribution in [0.25, 0.3) is 0 Å². The highest BCUT2D eigenvalue weighted by molar-refractivity contribution is 6.30. The van der Waals surface area contributed by atoms with Crippen molar-refractivity contribution < 1.29 is 29.0 Å². The molecule has 0 aromatic heterocycles. The molecular weight excluding hydrogens is 390 g/mol. The summed E-state index contributed by atoms with van der Waals surface area (Å²) in [5.74, 6) is -2.79. The van der Waals surface area contributed by atoms with E-state index < -0.39 is 41.9 Å². The molecule has 1 aromatic rings. The van der Waals surface area contributed by atoms with Gasteiger partial charge in [-0.05, 0) is 44.9 Å². The van der Waals surface area contributed by atoms with Gasteiger partial charge in [0.05, 0.1) is 0 Å². The Bertz CT molecular complexity index is 715. The smallest absolute Gasteiger partial charge is 0.407 e. The van der Waals surface area contributed by atoms with Crippen molar-refractivity contribution in [2.45, 2.75) is 51.7 Å². The molecule has 1 atom stereocenters. The second-order valence-electron chi connectivity index (χ2n) is 7.04. The van der Waals surface area contributed by atoms with E-state index in [9.17, 15) is 19.2 Å². The predicted octanol–water partition coefficient (Wildman–Crippen LogP) is 1.79. The Morgan fingerprint density at radius 3 is 2.18 bits per heavy atom. The zero-order chi connectivity index (χ0) is 21.3. The minimum absolute atomic E-state index is 0.171. The van der Waals surface area contributed by atoms with E-state index in [1.807, 2.05) is 5.43 Å². The highest BCUT2D eigenvalue weighted by atomic mass is 35.5. The van der Waals surface area contributed by atoms with Crippen LogP contribution in [0, 0.1) is 0 Å². The van der Waals surface area contributed by atoms with E-state index in [0.717, 1.165) is 5.56 Å². The molecule has 154 valence electrons. The lowest BCUT2D eigenvalue weighted by Gasteiger charge is -2.23. The maximum absolute atomic E-state index is 12.1. The van der Waals surface area contributed by atoms with Gasteiger partial charge in [0.1, 0.15) is 12.0 Å². The summed E-state index contributed by atoms with van der Waals surface area (Å²) < 4.78 is 5.21. The number of hydrazine groups is 1. The summed E-state index contributed by atoms with van der Waals surface area (Å²) in [7, 11) is 0. The van der Waals surface area contributed by atoms with E-state index in [1.54, 1.807) is 45.0 Å². The van der Waals surface area contributed by atoms with Crippen LogP contribution in [0.4, 0.5) is 4.79 Å². The second kappa shape index (κ2) is 10.5. The first-order valence-electron chi connectivity index (χ1n) is 8.48. The van der Waals surface area contributed by atoms with E-state index in [0.29, 0.717) is 11.4 Å². The van der Waals surface area contributed by atoms with Gasteiger partial charge in [0.25, 0.3) is 0 Å². The predicted molar refractivity (Wildman–Crippen MR) is 101 cm³/mol. The summed E-state index contributed by atoms with van der Waals surface area (Å²) >= 11 is 5.86. The number of halogens is 1. The van der Waals surface area contributed by atoms with Crippen LogP contribution in [0.5, 0.6) is 0 Å². The first-order chi connectivity index (χ1) is 12.9. The average molecular weight is 414 g/mol. The van der Waals surface area contributed by atoms with E-state index >= 15 is 0 Å². The quantitative estimate of drug-likeness (QED) is 0.397. The topological polar surface area (TPSA) is 134 Å². The number of rotatable bonds is 7. The number of hydrogen-bond donors (Lipinski definition) is 4. The van der Waals surface area contributed by atoms with Gasteiger partial charge >= 0.3 is 12.1 Å². The molecule has 0 aliphatic rings. The number of carbonyl (C=O) groups excluding carboxylic acids is 3. The summed E-state index contributed by atoms with van der Waals surface area (Å²) in [6.45, 7) is 5.14. The fraction of sp³-hybridized carbons (Fsp3) is 0.444. The lowest BCUT2D eigenvalue weighted by Crippen LogP contribution is -2.47. The van der Waals surface area contributed by atoms with Gasteiger partial charge in [-0.25, -0.2) is 4.79 Å². The Labute approximate surface area is 167 Å². The van der Waals surface area contributed by atoms with Crippen LogP contribution in [0.15, 0.2) is 24.3 Å². The number of alkyl carbamates (subject to hydrolysis) is 1. The van der Waals surface area contributed by atoms with Gasteiger partial charge in [0.2, 0.25) is 11.8 Å². The molecule has 0 bridgehead atoms. The number of nitrogens with one attached hydrogen (secondary N) is 3. The lowest BCUT2D eigenvalue weighted by molar-refractivity contribution is -0.142. The Balaban J connectivity index is 2.71. The summed E-state index contributed by atoms with van der Waals surface area (Å²) in [5.41, 5.74) is 4.24. The van der Waals surface area contributed by atoms with Crippen molar-refractivity contribution in [3.63, 3.8) is 0 Å². The normalized spacial score (nSPS) is 11.9. The van der Waals surface area contributed by atoms with E-state index in [2.05, 4.69) is 10.7 Å². The molecule has 9 nitrogen and oxygen atoms in total. The molecule has 0 aliphatic carbocycles. The second-order valence-corrected chi connectivity index (χ2v) is 7.48. The highest BCUT2D eigenvalue weighted by Gasteiger charge is 2.22. The van der Waals surface area contributed by atoms with Crippen LogP contribution in [-0.4, -0.2) is 40.6 Å². The van der Waals surface area contributed by atoms with Gasteiger partial charge in [-0.3, -0.25) is 25.2 Å². The van der Waals surface area contributed by atoms with Crippen molar-refractivity contribution in [1.82, 2.24) is 16.2 Å². The molecule has 10 heteroatoms. The molecule has 0 spiro atoms. The summed E-state index contributed by atoms with van der Waals surface area (Å²) in [6, 6.07) is 6.27. The van der Waals surface area contributed by atoms with Crippen molar-refractivity contribution in [3.8, 4) is 0 Å². The van der Waals surface area contributed by atoms with Crippen LogP contribution in [-0.2, 0) is 25.5 Å². The number of ether oxygens (including phenoxy) is 1. The fourth-order valence-electron chi connectivity index (χ4n) is 2.15. The first-order valence-corrected chi connectivity index (χ1v) is 8.86. The number of carboxylic acids is 1. The molecule has 0 saturated carbocycles. The SMILES string of the molecule is CC(C)(C)OC(=O)N[C@H](CC(=O)NNC(=O)CC(=O)O)Cc1ccc(Cl)cc1. The van der Waals surface area contributed by atoms with Gasteiger partial charge in [0, 0.05) is 17.5 Å². The molecule has 3 amide bonds. The van der Waals surface area contributed by atoms with E-state index in [1.165, 1.54) is 0 Å². The van der Waals surface area contributed by atoms with Crippen molar-refractivity contribution >= 4 is 35.5 Å². The maximum atomic E-state index is 12.1. The number of carboxylic acid groups (broad SMARTS) is 1. The van der Waals surface area contributed by atoms with Gasteiger partial charge in [-0.1, -0.05) is 23.7 Å². The van der Waals surface area contributed by atoms with E-state index in [4.69, 9.17) is 21.4 Å². The first kappa shape index (κ1) is 23.2. The number of amides is 3. The molecule has 0 radical (unpaired) electrons. The Morgan fingerprint density at radius 2 is 1.64 bits per heavy atom. The van der Waals surface area contributed by atoms with E-state index in [-0.39, 0.29) is 6.42 Å². The third-order valence-electron chi connectivity index (χ3n) is 3.20. The number of hydrogen-bond acceptors (Lipinski definition) is 5. The largest absolute Gasteiger partial charge is 0.481 e. The van der Waals surface area contributed by atoms with Crippen molar-refractivity contribution in [2.24, 2.45) is 0 Å². The summed E-state index contributed by atoms with van der Waals surface area (Å²) in [4.78, 5) is 45.9. The maximum Gasteiger partial charge on any atom is 0.407 e. The third kappa shape index (κ3) is 10.4. The number of benzene rings is 1. The van der Waals surface area contributed by atoms with Crippen molar-refractivity contribution in [1.29, 1.82) is 0 Å². The Hall–Kier alpha value is -2.81. The van der Waals surface area contributed by atoms with Crippen LogP contribution in [0.1, 0.15) is 39.2 Å². The molecule has 1 aromatic carbocycles. The molecule has 0 fully saturated rings. The lowest BCUT2D eigenvalue weighted by atomic mass is 10.0. The fourth-order valence-corrected chi connectivity index (χ4v) is 2.28. The standard InChI is InChI=1S/C18H24ClN3O6/c1-18(2,3)28-17(27)20-13(8-11-4-6-12(19)7-5-11)9-14(23)21-22-15(24)10-16(25)26/h4-7,13H,8-10H2,1-3H3,(H,20,27)(H,21,23)(H,22,24)(H,25,26)/t13-/m0/s1. The van der Waals surface area contributed by atoms with Crippen LogP contribution in [0.2, 0.25) is 5.02 Å². The molecule has 0 aliphatic heterocycles. The van der Waals surface area contributed by atoms with Crippen LogP contribution >= 0.6 is 11.6 Å². The minimum atomic E-state index is -1.32.